The molecule has 1 fully saturated rings. The molecular weight excluding hydrogens is 214 g/mol. The van der Waals surface area contributed by atoms with Crippen molar-refractivity contribution in [2.75, 3.05) is 13.2 Å². The smallest absolute Gasteiger partial charge is 0.410 e. The topological polar surface area (TPSA) is 29.5 Å². The molecular formula is C14H19NO2. The number of amides is 1. The molecule has 0 aromatic heterocycles. The summed E-state index contributed by atoms with van der Waals surface area (Å²) in [6.07, 6.45) is 2.87. The molecule has 3 nitrogen and oxygen atoms in total. The number of unbranched alkanes of at least 4 members (excludes halogenated alkanes) is 1. The lowest BCUT2D eigenvalue weighted by Crippen LogP contribution is -2.35. The van der Waals surface area contributed by atoms with Gasteiger partial charge in [-0.2, -0.15) is 0 Å². The first-order valence-electron chi connectivity index (χ1n) is 6.28. The van der Waals surface area contributed by atoms with Gasteiger partial charge in [0.25, 0.3) is 0 Å². The van der Waals surface area contributed by atoms with Gasteiger partial charge in [0, 0.05) is 6.54 Å². The quantitative estimate of drug-likeness (QED) is 0.782. The number of ether oxygens (including phenoxy) is 1. The first-order valence-corrected chi connectivity index (χ1v) is 6.28. The van der Waals surface area contributed by atoms with Gasteiger partial charge in [0.05, 0.1) is 6.04 Å². The summed E-state index contributed by atoms with van der Waals surface area (Å²) < 4.78 is 5.13. The van der Waals surface area contributed by atoms with Crippen LogP contribution in [0.5, 0.6) is 0 Å². The van der Waals surface area contributed by atoms with E-state index < -0.39 is 0 Å². The van der Waals surface area contributed by atoms with E-state index in [0.29, 0.717) is 6.61 Å². The van der Waals surface area contributed by atoms with Gasteiger partial charge < -0.3 is 9.64 Å². The third kappa shape index (κ3) is 2.99. The number of cyclic esters (lactones) is 1. The van der Waals surface area contributed by atoms with Crippen molar-refractivity contribution in [3.63, 3.8) is 0 Å². The Balaban J connectivity index is 1.97. The molecule has 0 spiro atoms. The predicted octanol–water partition coefficient (Wildman–Crippen LogP) is 2.85. The maximum Gasteiger partial charge on any atom is 0.410 e. The highest BCUT2D eigenvalue weighted by Crippen LogP contribution is 2.17. The minimum Gasteiger partial charge on any atom is -0.447 e. The van der Waals surface area contributed by atoms with Crippen LogP contribution in [0.25, 0.3) is 0 Å². The van der Waals surface area contributed by atoms with Crippen molar-refractivity contribution in [2.45, 2.75) is 32.2 Å². The van der Waals surface area contributed by atoms with Crippen LogP contribution in [-0.2, 0) is 11.2 Å². The van der Waals surface area contributed by atoms with Gasteiger partial charge in [-0.3, -0.25) is 0 Å². The zero-order valence-corrected chi connectivity index (χ0v) is 10.3. The van der Waals surface area contributed by atoms with Gasteiger partial charge in [0.1, 0.15) is 6.61 Å². The van der Waals surface area contributed by atoms with Crippen LogP contribution in [0.4, 0.5) is 4.79 Å². The summed E-state index contributed by atoms with van der Waals surface area (Å²) in [5.74, 6) is 0. The predicted molar refractivity (Wildman–Crippen MR) is 66.9 cm³/mol. The third-order valence-corrected chi connectivity index (χ3v) is 3.14. The van der Waals surface area contributed by atoms with Crippen molar-refractivity contribution in [1.82, 2.24) is 4.90 Å². The Morgan fingerprint density at radius 2 is 2.12 bits per heavy atom. The Morgan fingerprint density at radius 1 is 1.35 bits per heavy atom. The standard InChI is InChI=1S/C14H19NO2/c1-2-3-9-15-13(11-17-14(15)16)10-12-7-5-4-6-8-12/h4-8,13H,2-3,9-11H2,1H3/t13-/m1/s1. The Labute approximate surface area is 102 Å². The normalized spacial score (nSPS) is 19.5. The van der Waals surface area contributed by atoms with E-state index in [9.17, 15) is 4.79 Å². The molecule has 0 unspecified atom stereocenters. The van der Waals surface area contributed by atoms with E-state index in [2.05, 4.69) is 19.1 Å². The molecule has 1 aliphatic rings. The molecule has 92 valence electrons. The Hall–Kier alpha value is -1.51. The van der Waals surface area contributed by atoms with Crippen molar-refractivity contribution in [1.29, 1.82) is 0 Å². The molecule has 1 aromatic carbocycles. The van der Waals surface area contributed by atoms with E-state index in [4.69, 9.17) is 4.74 Å². The van der Waals surface area contributed by atoms with Crippen molar-refractivity contribution in [3.8, 4) is 0 Å². The monoisotopic (exact) mass is 233 g/mol. The van der Waals surface area contributed by atoms with Gasteiger partial charge in [0.15, 0.2) is 0 Å². The van der Waals surface area contributed by atoms with Crippen LogP contribution >= 0.6 is 0 Å². The van der Waals surface area contributed by atoms with Crippen LogP contribution < -0.4 is 0 Å². The van der Waals surface area contributed by atoms with Crippen molar-refractivity contribution >= 4 is 6.09 Å². The molecule has 0 saturated carbocycles. The summed E-state index contributed by atoms with van der Waals surface area (Å²) in [5.41, 5.74) is 1.26. The van der Waals surface area contributed by atoms with E-state index in [0.717, 1.165) is 25.8 Å². The molecule has 17 heavy (non-hydrogen) atoms. The lowest BCUT2D eigenvalue weighted by atomic mass is 10.1. The molecule has 1 atom stereocenters. The minimum atomic E-state index is -0.153. The lowest BCUT2D eigenvalue weighted by Gasteiger charge is -2.21. The van der Waals surface area contributed by atoms with Crippen molar-refractivity contribution in [3.05, 3.63) is 35.9 Å². The second-order valence-electron chi connectivity index (χ2n) is 4.47. The summed E-state index contributed by atoms with van der Waals surface area (Å²) in [6.45, 7) is 3.47. The largest absolute Gasteiger partial charge is 0.447 e. The first-order chi connectivity index (χ1) is 8.31. The molecule has 1 aromatic rings. The fourth-order valence-corrected chi connectivity index (χ4v) is 2.15. The molecule has 1 saturated heterocycles. The summed E-state index contributed by atoms with van der Waals surface area (Å²) in [7, 11) is 0. The number of hydrogen-bond acceptors (Lipinski definition) is 2. The maximum atomic E-state index is 11.6. The highest BCUT2D eigenvalue weighted by atomic mass is 16.6. The number of hydrogen-bond donors (Lipinski definition) is 0. The number of benzene rings is 1. The SMILES string of the molecule is CCCCN1C(=O)OC[C@H]1Cc1ccccc1. The fourth-order valence-electron chi connectivity index (χ4n) is 2.15. The van der Waals surface area contributed by atoms with Gasteiger partial charge in [0.2, 0.25) is 0 Å². The van der Waals surface area contributed by atoms with Crippen molar-refractivity contribution < 1.29 is 9.53 Å². The van der Waals surface area contributed by atoms with Crippen LogP contribution in [0.1, 0.15) is 25.3 Å². The first kappa shape index (κ1) is 12.0. The van der Waals surface area contributed by atoms with E-state index in [1.165, 1.54) is 5.56 Å². The fraction of sp³-hybridized carbons (Fsp3) is 0.500. The maximum absolute atomic E-state index is 11.6. The summed E-state index contributed by atoms with van der Waals surface area (Å²) in [4.78, 5) is 13.5. The average molecular weight is 233 g/mol. The third-order valence-electron chi connectivity index (χ3n) is 3.14. The summed E-state index contributed by atoms with van der Waals surface area (Å²) in [6, 6.07) is 10.5. The lowest BCUT2D eigenvalue weighted by molar-refractivity contribution is 0.157. The van der Waals surface area contributed by atoms with E-state index in [1.807, 2.05) is 23.1 Å². The van der Waals surface area contributed by atoms with Gasteiger partial charge in [-0.1, -0.05) is 43.7 Å². The molecule has 1 heterocycles. The zero-order chi connectivity index (χ0) is 12.1. The van der Waals surface area contributed by atoms with Crippen LogP contribution in [-0.4, -0.2) is 30.2 Å². The number of carbonyl (C=O) groups is 1. The van der Waals surface area contributed by atoms with Gasteiger partial charge in [-0.15, -0.1) is 0 Å². The molecule has 0 bridgehead atoms. The highest BCUT2D eigenvalue weighted by molar-refractivity contribution is 5.70. The summed E-state index contributed by atoms with van der Waals surface area (Å²) >= 11 is 0. The molecule has 0 radical (unpaired) electrons. The molecule has 3 heteroatoms. The molecule has 1 aliphatic heterocycles. The Morgan fingerprint density at radius 3 is 2.82 bits per heavy atom. The Bertz CT molecular complexity index is 364. The average Bonchev–Trinajstić information content (AvgIpc) is 2.69. The van der Waals surface area contributed by atoms with E-state index >= 15 is 0 Å². The van der Waals surface area contributed by atoms with E-state index in [-0.39, 0.29) is 12.1 Å². The highest BCUT2D eigenvalue weighted by Gasteiger charge is 2.31. The second kappa shape index (κ2) is 5.71. The second-order valence-corrected chi connectivity index (χ2v) is 4.47. The van der Waals surface area contributed by atoms with Crippen LogP contribution in [0.3, 0.4) is 0 Å². The molecule has 0 N–H and O–H groups in total. The summed E-state index contributed by atoms with van der Waals surface area (Å²) in [5, 5.41) is 0. The number of carbonyl (C=O) groups excluding carboxylic acids is 1. The number of nitrogens with zero attached hydrogens (tertiary/aromatic N) is 1. The Kier molecular flexibility index (Phi) is 4.02. The molecule has 0 aliphatic carbocycles. The number of rotatable bonds is 5. The molecule has 2 rings (SSSR count). The van der Waals surface area contributed by atoms with Crippen molar-refractivity contribution in [2.24, 2.45) is 0 Å². The van der Waals surface area contributed by atoms with Crippen LogP contribution in [0.2, 0.25) is 0 Å². The van der Waals surface area contributed by atoms with Crippen LogP contribution in [0.15, 0.2) is 30.3 Å². The van der Waals surface area contributed by atoms with Gasteiger partial charge in [-0.05, 0) is 18.4 Å². The van der Waals surface area contributed by atoms with E-state index in [1.54, 1.807) is 0 Å². The van der Waals surface area contributed by atoms with Crippen LogP contribution in [0, 0.1) is 0 Å². The van der Waals surface area contributed by atoms with Gasteiger partial charge >= 0.3 is 6.09 Å². The van der Waals surface area contributed by atoms with Gasteiger partial charge in [-0.25, -0.2) is 4.79 Å². The minimum absolute atomic E-state index is 0.153. The zero-order valence-electron chi connectivity index (χ0n) is 10.3. The molecule has 1 amide bonds.